The molecule has 1 aromatic heterocycles. The van der Waals surface area contributed by atoms with E-state index in [4.69, 9.17) is 5.73 Å². The molecule has 4 nitrogen and oxygen atoms in total. The molecule has 0 radical (unpaired) electrons. The van der Waals surface area contributed by atoms with Gasteiger partial charge in [0.25, 0.3) is 5.56 Å². The fourth-order valence-electron chi connectivity index (χ4n) is 3.44. The van der Waals surface area contributed by atoms with Crippen molar-refractivity contribution in [3.05, 3.63) is 70.1 Å². The van der Waals surface area contributed by atoms with Crippen molar-refractivity contribution in [2.24, 2.45) is 12.8 Å². The topological polar surface area (TPSA) is 65.1 Å². The molecule has 0 aliphatic rings. The Morgan fingerprint density at radius 3 is 2.20 bits per heavy atom. The van der Waals surface area contributed by atoms with Gasteiger partial charge in [-0.15, -0.1) is 0 Å². The summed E-state index contributed by atoms with van der Waals surface area (Å²) in [5.74, 6) is -0.501. The largest absolute Gasteiger partial charge is 0.366 e. The predicted octanol–water partition coefficient (Wildman–Crippen LogP) is 3.60. The van der Waals surface area contributed by atoms with E-state index in [1.54, 1.807) is 29.8 Å². The number of hydrogen-bond acceptors (Lipinski definition) is 2. The predicted molar refractivity (Wildman–Crippen MR) is 102 cm³/mol. The summed E-state index contributed by atoms with van der Waals surface area (Å²) in [6.45, 7) is 6.24. The molecule has 3 aromatic rings. The third-order valence-corrected chi connectivity index (χ3v) is 4.45. The third-order valence-electron chi connectivity index (χ3n) is 4.45. The number of fused-ring (bicyclic) bond motifs is 1. The zero-order chi connectivity index (χ0) is 18.4. The van der Waals surface area contributed by atoms with Gasteiger partial charge in [-0.05, 0) is 29.1 Å². The van der Waals surface area contributed by atoms with Gasteiger partial charge in [0, 0.05) is 34.7 Å². The van der Waals surface area contributed by atoms with Gasteiger partial charge in [0.15, 0.2) is 0 Å². The zero-order valence-electron chi connectivity index (χ0n) is 15.0. The van der Waals surface area contributed by atoms with Gasteiger partial charge in [-0.2, -0.15) is 0 Å². The van der Waals surface area contributed by atoms with Crippen LogP contribution in [0.1, 0.15) is 36.8 Å². The summed E-state index contributed by atoms with van der Waals surface area (Å²) in [6, 6.07) is 15.0. The lowest BCUT2D eigenvalue weighted by Crippen LogP contribution is -2.29. The summed E-state index contributed by atoms with van der Waals surface area (Å²) in [4.78, 5) is 24.6. The second-order valence-corrected chi connectivity index (χ2v) is 7.33. The number of benzene rings is 2. The Balaban J connectivity index is 2.59. The van der Waals surface area contributed by atoms with Gasteiger partial charge in [0.1, 0.15) is 0 Å². The molecule has 0 saturated heterocycles. The number of nitrogens with zero attached hydrogens (tertiary/aromatic N) is 1. The van der Waals surface area contributed by atoms with Crippen molar-refractivity contribution >= 4 is 16.7 Å². The van der Waals surface area contributed by atoms with E-state index in [0.29, 0.717) is 10.9 Å². The minimum absolute atomic E-state index is 0.0735. The van der Waals surface area contributed by atoms with E-state index in [9.17, 15) is 9.59 Å². The lowest BCUT2D eigenvalue weighted by atomic mass is 9.83. The number of rotatable bonds is 2. The van der Waals surface area contributed by atoms with Crippen molar-refractivity contribution in [1.29, 1.82) is 0 Å². The minimum Gasteiger partial charge on any atom is -0.366 e. The van der Waals surface area contributed by atoms with Crippen LogP contribution in [0.5, 0.6) is 0 Å². The number of pyridine rings is 1. The van der Waals surface area contributed by atoms with Crippen molar-refractivity contribution in [2.75, 3.05) is 0 Å². The maximum absolute atomic E-state index is 12.9. The molecule has 128 valence electrons. The summed E-state index contributed by atoms with van der Waals surface area (Å²) in [6.07, 6.45) is 0. The van der Waals surface area contributed by atoms with Gasteiger partial charge < -0.3 is 10.3 Å². The van der Waals surface area contributed by atoms with Crippen LogP contribution in [0.4, 0.5) is 0 Å². The number of hydrogen-bond donors (Lipinski definition) is 1. The molecule has 0 spiro atoms. The average Bonchev–Trinajstić information content (AvgIpc) is 2.57. The van der Waals surface area contributed by atoms with Gasteiger partial charge in [-0.25, -0.2) is 0 Å². The van der Waals surface area contributed by atoms with Crippen LogP contribution in [0.25, 0.3) is 21.9 Å². The summed E-state index contributed by atoms with van der Waals surface area (Å²) in [5, 5.41) is 1.34. The van der Waals surface area contributed by atoms with Crippen LogP contribution >= 0.6 is 0 Å². The number of nitrogens with two attached hydrogens (primary N) is 1. The van der Waals surface area contributed by atoms with Crippen LogP contribution in [0.3, 0.4) is 0 Å². The maximum atomic E-state index is 12.9. The van der Waals surface area contributed by atoms with E-state index >= 15 is 0 Å². The van der Waals surface area contributed by atoms with Crippen LogP contribution in [0.15, 0.2) is 53.3 Å². The van der Waals surface area contributed by atoms with E-state index in [2.05, 4.69) is 20.8 Å². The molecule has 0 bridgehead atoms. The molecule has 1 heterocycles. The first-order chi connectivity index (χ1) is 11.7. The molecule has 0 aliphatic heterocycles. The molecular weight excluding hydrogens is 312 g/mol. The van der Waals surface area contributed by atoms with Gasteiger partial charge in [-0.3, -0.25) is 9.59 Å². The molecule has 4 heteroatoms. The van der Waals surface area contributed by atoms with E-state index in [0.717, 1.165) is 22.2 Å². The quantitative estimate of drug-likeness (QED) is 0.778. The van der Waals surface area contributed by atoms with Crippen LogP contribution in [0, 0.1) is 0 Å². The summed E-state index contributed by atoms with van der Waals surface area (Å²) in [7, 11) is 1.80. The molecular formula is C21H22N2O2. The summed E-state index contributed by atoms with van der Waals surface area (Å²) >= 11 is 0. The van der Waals surface area contributed by atoms with Crippen molar-refractivity contribution in [2.45, 2.75) is 26.2 Å². The third kappa shape index (κ3) is 2.84. The fourth-order valence-corrected chi connectivity index (χ4v) is 3.44. The zero-order valence-corrected chi connectivity index (χ0v) is 15.0. The number of primary amides is 1. The first-order valence-corrected chi connectivity index (χ1v) is 8.24. The second-order valence-electron chi connectivity index (χ2n) is 7.33. The molecule has 2 aromatic carbocycles. The molecule has 0 atom stereocenters. The van der Waals surface area contributed by atoms with Crippen LogP contribution in [-0.4, -0.2) is 10.5 Å². The van der Waals surface area contributed by atoms with Gasteiger partial charge in [-0.1, -0.05) is 51.1 Å². The minimum atomic E-state index is -0.501. The lowest BCUT2D eigenvalue weighted by molar-refractivity contribution is 0.100. The Hall–Kier alpha value is -2.88. The number of aromatic nitrogens is 1. The standard InChI is InChI=1S/C21H22N2O2/c1-21(2,3)18-17(13-8-6-5-7-9-13)16-12-14(19(22)24)10-11-15(16)20(25)23(18)4/h5-12H,1-4H3,(H2,22,24). The van der Waals surface area contributed by atoms with Crippen LogP contribution < -0.4 is 11.3 Å². The van der Waals surface area contributed by atoms with Crippen molar-refractivity contribution in [1.82, 2.24) is 4.57 Å². The number of carbonyl (C=O) groups excluding carboxylic acids is 1. The Morgan fingerprint density at radius 2 is 1.64 bits per heavy atom. The Bertz CT molecular complexity index is 1030. The van der Waals surface area contributed by atoms with Gasteiger partial charge in [0.2, 0.25) is 5.91 Å². The van der Waals surface area contributed by atoms with Gasteiger partial charge in [0.05, 0.1) is 0 Å². The Kier molecular flexibility index (Phi) is 3.99. The molecule has 3 rings (SSSR count). The number of carbonyl (C=O) groups is 1. The van der Waals surface area contributed by atoms with Crippen LogP contribution in [0.2, 0.25) is 0 Å². The smallest absolute Gasteiger partial charge is 0.258 e. The lowest BCUT2D eigenvalue weighted by Gasteiger charge is -2.27. The SMILES string of the molecule is Cn1c(C(C)(C)C)c(-c2ccccc2)c2cc(C(N)=O)ccc2c1=O. The molecule has 0 aliphatic carbocycles. The van der Waals surface area contributed by atoms with E-state index < -0.39 is 5.91 Å². The highest BCUT2D eigenvalue weighted by Gasteiger charge is 2.25. The summed E-state index contributed by atoms with van der Waals surface area (Å²) in [5.41, 5.74) is 8.44. The monoisotopic (exact) mass is 334 g/mol. The van der Waals surface area contributed by atoms with Gasteiger partial charge >= 0.3 is 0 Å². The van der Waals surface area contributed by atoms with E-state index in [-0.39, 0.29) is 11.0 Å². The van der Waals surface area contributed by atoms with Crippen molar-refractivity contribution < 1.29 is 4.79 Å². The molecule has 0 unspecified atom stereocenters. The first kappa shape index (κ1) is 17.0. The van der Waals surface area contributed by atoms with Crippen molar-refractivity contribution in [3.63, 3.8) is 0 Å². The highest BCUT2D eigenvalue weighted by Crippen LogP contribution is 2.37. The molecule has 2 N–H and O–H groups in total. The van der Waals surface area contributed by atoms with E-state index in [1.165, 1.54) is 0 Å². The first-order valence-electron chi connectivity index (χ1n) is 8.24. The molecule has 0 saturated carbocycles. The average molecular weight is 334 g/mol. The van der Waals surface area contributed by atoms with E-state index in [1.807, 2.05) is 30.3 Å². The maximum Gasteiger partial charge on any atom is 0.258 e. The molecule has 0 fully saturated rings. The molecule has 1 amide bonds. The fraction of sp³-hybridized carbons (Fsp3) is 0.238. The highest BCUT2D eigenvalue weighted by molar-refractivity contribution is 6.03. The number of amides is 1. The Labute approximate surface area is 146 Å². The Morgan fingerprint density at radius 1 is 1.00 bits per heavy atom. The van der Waals surface area contributed by atoms with Crippen LogP contribution in [-0.2, 0) is 12.5 Å². The van der Waals surface area contributed by atoms with Crippen molar-refractivity contribution in [3.8, 4) is 11.1 Å². The normalized spacial score (nSPS) is 11.7. The summed E-state index contributed by atoms with van der Waals surface area (Å²) < 4.78 is 1.72. The second kappa shape index (κ2) is 5.88. The molecule has 25 heavy (non-hydrogen) atoms. The highest BCUT2D eigenvalue weighted by atomic mass is 16.1.